The van der Waals surface area contributed by atoms with Crippen LogP contribution in [0.15, 0.2) is 103 Å². The molecule has 0 atom stereocenters. The van der Waals surface area contributed by atoms with Crippen molar-refractivity contribution in [2.24, 2.45) is 0 Å². The Labute approximate surface area is 252 Å². The third-order valence-electron chi connectivity index (χ3n) is 7.25. The first-order chi connectivity index (χ1) is 20.6. The molecule has 1 nitrogen and oxygen atoms in total. The van der Waals surface area contributed by atoms with E-state index < -0.39 is 29.1 Å². The number of hydrogen-bond acceptors (Lipinski definition) is 1. The van der Waals surface area contributed by atoms with Gasteiger partial charge in [0.1, 0.15) is 28.8 Å². The molecule has 7 heteroatoms. The first-order valence-corrected chi connectivity index (χ1v) is 14.3. The van der Waals surface area contributed by atoms with E-state index in [0.717, 1.165) is 43.4 Å². The van der Waals surface area contributed by atoms with E-state index in [1.54, 1.807) is 48.5 Å². The van der Waals surface area contributed by atoms with E-state index in [2.05, 4.69) is 6.92 Å². The Balaban J connectivity index is 1.31. The topological polar surface area (TPSA) is 9.23 Å². The van der Waals surface area contributed by atoms with Crippen LogP contribution in [-0.4, -0.2) is 0 Å². The molecule has 0 saturated carbocycles. The van der Waals surface area contributed by atoms with Gasteiger partial charge in [-0.25, -0.2) is 13.2 Å². The first kappa shape index (κ1) is 30.3. The van der Waals surface area contributed by atoms with Gasteiger partial charge in [-0.3, -0.25) is 0 Å². The highest BCUT2D eigenvalue weighted by Crippen LogP contribution is 2.38. The average molecular weight is 607 g/mol. The lowest BCUT2D eigenvalue weighted by Crippen LogP contribution is -2.25. The van der Waals surface area contributed by atoms with Crippen LogP contribution in [0.1, 0.15) is 37.3 Å². The number of ether oxygens (including phenoxy) is 1. The molecule has 0 spiro atoms. The van der Waals surface area contributed by atoms with Crippen molar-refractivity contribution in [1.29, 1.82) is 0 Å². The lowest BCUT2D eigenvalue weighted by atomic mass is 9.99. The van der Waals surface area contributed by atoms with Gasteiger partial charge in [0.15, 0.2) is 0 Å². The van der Waals surface area contributed by atoms with Crippen LogP contribution >= 0.6 is 11.6 Å². The summed E-state index contributed by atoms with van der Waals surface area (Å²) < 4.78 is 79.6. The number of benzene rings is 5. The van der Waals surface area contributed by atoms with Gasteiger partial charge in [0.05, 0.1) is 0 Å². The van der Waals surface area contributed by atoms with E-state index >= 15 is 8.78 Å². The fraction of sp³-hybridized carbons (Fsp3) is 0.167. The average Bonchev–Trinajstić information content (AvgIpc) is 2.98. The Morgan fingerprint density at radius 1 is 0.605 bits per heavy atom. The van der Waals surface area contributed by atoms with Crippen LogP contribution in [0.3, 0.4) is 0 Å². The molecule has 5 aromatic carbocycles. The summed E-state index contributed by atoms with van der Waals surface area (Å²) in [5.41, 5.74) is 2.37. The minimum absolute atomic E-state index is 0.147. The highest BCUT2D eigenvalue weighted by atomic mass is 35.5. The molecule has 0 saturated heterocycles. The molecule has 0 aliphatic carbocycles. The van der Waals surface area contributed by atoms with Crippen molar-refractivity contribution in [2.75, 3.05) is 0 Å². The van der Waals surface area contributed by atoms with E-state index in [0.29, 0.717) is 32.8 Å². The van der Waals surface area contributed by atoms with Gasteiger partial charge >= 0.3 is 6.11 Å². The van der Waals surface area contributed by atoms with Gasteiger partial charge in [-0.05, 0) is 88.7 Å². The monoisotopic (exact) mass is 606 g/mol. The maximum Gasteiger partial charge on any atom is 0.432 e. The van der Waals surface area contributed by atoms with Crippen LogP contribution in [0, 0.1) is 17.5 Å². The zero-order valence-electron chi connectivity index (χ0n) is 23.3. The highest BCUT2D eigenvalue weighted by molar-refractivity contribution is 6.30. The smallest absolute Gasteiger partial charge is 0.429 e. The zero-order valence-corrected chi connectivity index (χ0v) is 24.1. The van der Waals surface area contributed by atoms with Gasteiger partial charge in [-0.15, -0.1) is 0 Å². The number of hydrogen-bond donors (Lipinski definition) is 0. The second-order valence-electron chi connectivity index (χ2n) is 10.3. The second kappa shape index (κ2) is 13.0. The molecule has 5 aromatic rings. The predicted octanol–water partition coefficient (Wildman–Crippen LogP) is 11.6. The van der Waals surface area contributed by atoms with Crippen molar-refractivity contribution < 1.29 is 26.7 Å². The van der Waals surface area contributed by atoms with Crippen molar-refractivity contribution in [3.8, 4) is 39.1 Å². The Morgan fingerprint density at radius 2 is 1.14 bits per heavy atom. The standard InChI is InChI=1S/C36H28ClF5O/c1-2-3-4-5-23-6-8-25(9-7-23)28-21-33(39)35(34(40)22-28)36(41,42)43-30-17-12-24(13-18-30)27-14-19-31(32(38)20-27)26-10-15-29(37)16-11-26/h6-22H,2-5H2,1H3. The summed E-state index contributed by atoms with van der Waals surface area (Å²) in [4.78, 5) is 0. The molecule has 0 bridgehead atoms. The Bertz CT molecular complexity index is 1680. The Hall–Kier alpha value is -4.16. The van der Waals surface area contributed by atoms with E-state index in [9.17, 15) is 13.2 Å². The van der Waals surface area contributed by atoms with Crippen molar-refractivity contribution >= 4 is 11.6 Å². The number of alkyl halides is 2. The van der Waals surface area contributed by atoms with Gasteiger partial charge < -0.3 is 4.74 Å². The summed E-state index contributed by atoms with van der Waals surface area (Å²) in [6, 6.07) is 25.7. The predicted molar refractivity (Wildman–Crippen MR) is 162 cm³/mol. The minimum atomic E-state index is -4.29. The highest BCUT2D eigenvalue weighted by Gasteiger charge is 2.41. The largest absolute Gasteiger partial charge is 0.432 e. The SMILES string of the molecule is CCCCCc1ccc(-c2cc(F)c(C(F)(F)Oc3ccc(-c4ccc(-c5ccc(Cl)cc5)c(F)c4)cc3)c(F)c2)cc1. The summed E-state index contributed by atoms with van der Waals surface area (Å²) >= 11 is 5.91. The quantitative estimate of drug-likeness (QED) is 0.113. The second-order valence-corrected chi connectivity index (χ2v) is 10.8. The van der Waals surface area contributed by atoms with Gasteiger partial charge in [-0.1, -0.05) is 92.0 Å². The zero-order chi connectivity index (χ0) is 30.6. The number of unbranched alkanes of at least 4 members (excludes halogenated alkanes) is 2. The fourth-order valence-corrected chi connectivity index (χ4v) is 5.06. The molecule has 0 fully saturated rings. The maximum atomic E-state index is 15.0. The molecule has 0 N–H and O–H groups in total. The third-order valence-corrected chi connectivity index (χ3v) is 7.50. The first-order valence-electron chi connectivity index (χ1n) is 14.0. The molecule has 220 valence electrons. The fourth-order valence-electron chi connectivity index (χ4n) is 4.93. The molecule has 43 heavy (non-hydrogen) atoms. The number of rotatable bonds is 10. The van der Waals surface area contributed by atoms with Gasteiger partial charge in [0, 0.05) is 10.6 Å². The van der Waals surface area contributed by atoms with Crippen LogP contribution < -0.4 is 4.74 Å². The molecule has 5 rings (SSSR count). The molecule has 0 aliphatic heterocycles. The van der Waals surface area contributed by atoms with E-state index in [1.807, 2.05) is 12.1 Å². The van der Waals surface area contributed by atoms with Crippen LogP contribution in [0.4, 0.5) is 22.0 Å². The van der Waals surface area contributed by atoms with Gasteiger partial charge in [-0.2, -0.15) is 8.78 Å². The summed E-state index contributed by atoms with van der Waals surface area (Å²) in [5.74, 6) is -3.61. The number of halogens is 6. The maximum absolute atomic E-state index is 15.0. The van der Waals surface area contributed by atoms with E-state index in [-0.39, 0.29) is 11.3 Å². The summed E-state index contributed by atoms with van der Waals surface area (Å²) in [6.45, 7) is 2.12. The van der Waals surface area contributed by atoms with Crippen molar-refractivity contribution in [1.82, 2.24) is 0 Å². The minimum Gasteiger partial charge on any atom is -0.429 e. The molecular formula is C36H28ClF5O. The molecule has 0 unspecified atom stereocenters. The summed E-state index contributed by atoms with van der Waals surface area (Å²) in [7, 11) is 0. The molecule has 0 amide bonds. The molecule has 0 aromatic heterocycles. The lowest BCUT2D eigenvalue weighted by molar-refractivity contribution is -0.189. The molecule has 0 radical (unpaired) electrons. The van der Waals surface area contributed by atoms with Crippen molar-refractivity contribution in [2.45, 2.75) is 38.7 Å². The van der Waals surface area contributed by atoms with Crippen molar-refractivity contribution in [3.05, 3.63) is 137 Å². The van der Waals surface area contributed by atoms with Crippen LogP contribution in [-0.2, 0) is 12.5 Å². The molecule has 0 aliphatic rings. The summed E-state index contributed by atoms with van der Waals surface area (Å²) in [6.07, 6.45) is -0.135. The number of aryl methyl sites for hydroxylation is 1. The molecular weight excluding hydrogens is 579 g/mol. The normalized spacial score (nSPS) is 11.5. The van der Waals surface area contributed by atoms with Crippen LogP contribution in [0.25, 0.3) is 33.4 Å². The van der Waals surface area contributed by atoms with Gasteiger partial charge in [0.2, 0.25) is 0 Å². The van der Waals surface area contributed by atoms with E-state index in [4.69, 9.17) is 16.3 Å². The van der Waals surface area contributed by atoms with Crippen LogP contribution in [0.5, 0.6) is 5.75 Å². The van der Waals surface area contributed by atoms with Crippen molar-refractivity contribution in [3.63, 3.8) is 0 Å². The summed E-state index contributed by atoms with van der Waals surface area (Å²) in [5, 5.41) is 0.537. The lowest BCUT2D eigenvalue weighted by Gasteiger charge is -2.20. The third kappa shape index (κ3) is 7.08. The van der Waals surface area contributed by atoms with Gasteiger partial charge in [0.25, 0.3) is 0 Å². The Kier molecular flexibility index (Phi) is 9.16. The van der Waals surface area contributed by atoms with E-state index in [1.165, 1.54) is 30.3 Å². The van der Waals surface area contributed by atoms with Crippen LogP contribution in [0.2, 0.25) is 5.02 Å². The Morgan fingerprint density at radius 3 is 1.74 bits per heavy atom. The molecule has 0 heterocycles.